The Morgan fingerprint density at radius 3 is 2.81 bits per heavy atom. The van der Waals surface area contributed by atoms with Gasteiger partial charge in [-0.3, -0.25) is 9.69 Å². The van der Waals surface area contributed by atoms with Crippen molar-refractivity contribution in [3.8, 4) is 0 Å². The Morgan fingerprint density at radius 1 is 1.22 bits per heavy atom. The summed E-state index contributed by atoms with van der Waals surface area (Å²) in [4.78, 5) is 20.6. The molecule has 4 rings (SSSR count). The van der Waals surface area contributed by atoms with E-state index in [-0.39, 0.29) is 6.42 Å². The molecule has 1 aromatic heterocycles. The van der Waals surface area contributed by atoms with Crippen LogP contribution in [-0.4, -0.2) is 46.6 Å². The lowest BCUT2D eigenvalue weighted by Crippen LogP contribution is -2.53. The summed E-state index contributed by atoms with van der Waals surface area (Å²) in [5.74, 6) is -0.797. The Kier molecular flexibility index (Phi) is 7.01. The van der Waals surface area contributed by atoms with Gasteiger partial charge in [0.15, 0.2) is 5.58 Å². The lowest BCUT2D eigenvalue weighted by molar-refractivity contribution is -0.136. The molecule has 170 valence electrons. The second-order valence-electron chi connectivity index (χ2n) is 8.73. The Bertz CT molecular complexity index is 1100. The summed E-state index contributed by atoms with van der Waals surface area (Å²) in [5.41, 5.74) is 4.67. The molecule has 0 spiro atoms. The van der Waals surface area contributed by atoms with Gasteiger partial charge in [0.05, 0.1) is 6.42 Å². The van der Waals surface area contributed by atoms with Gasteiger partial charge in [-0.25, -0.2) is 0 Å². The lowest BCUT2D eigenvalue weighted by Gasteiger charge is -2.41. The first kappa shape index (κ1) is 22.6. The van der Waals surface area contributed by atoms with Crippen LogP contribution < -0.4 is 4.90 Å². The molecule has 1 N–H and O–H groups in total. The van der Waals surface area contributed by atoms with Gasteiger partial charge in [0.1, 0.15) is 5.52 Å². The molecule has 0 radical (unpaired) electrons. The van der Waals surface area contributed by atoms with Gasteiger partial charge in [-0.2, -0.15) is 4.98 Å². The van der Waals surface area contributed by atoms with E-state index < -0.39 is 5.97 Å². The van der Waals surface area contributed by atoms with Crippen molar-refractivity contribution in [1.82, 2.24) is 9.88 Å². The lowest BCUT2D eigenvalue weighted by atomic mass is 10.0. The van der Waals surface area contributed by atoms with Gasteiger partial charge in [0.2, 0.25) is 0 Å². The van der Waals surface area contributed by atoms with Crippen LogP contribution in [-0.2, 0) is 17.8 Å². The third-order valence-electron chi connectivity index (χ3n) is 6.00. The third-order valence-corrected chi connectivity index (χ3v) is 6.24. The van der Waals surface area contributed by atoms with Gasteiger partial charge in [0.25, 0.3) is 6.01 Å². The van der Waals surface area contributed by atoms with Gasteiger partial charge in [-0.15, -0.1) is 0 Å². The smallest absolute Gasteiger partial charge is 0.307 e. The zero-order valence-corrected chi connectivity index (χ0v) is 19.4. The molecule has 0 bridgehead atoms. The topological polar surface area (TPSA) is 69.8 Å². The number of benzene rings is 2. The maximum absolute atomic E-state index is 11.1. The minimum Gasteiger partial charge on any atom is -0.481 e. The quantitative estimate of drug-likeness (QED) is 0.497. The van der Waals surface area contributed by atoms with E-state index in [9.17, 15) is 4.79 Å². The number of rotatable bonds is 8. The minimum atomic E-state index is -0.797. The Morgan fingerprint density at radius 2 is 2.03 bits per heavy atom. The van der Waals surface area contributed by atoms with E-state index >= 15 is 0 Å². The molecule has 2 aromatic carbocycles. The van der Waals surface area contributed by atoms with Crippen molar-refractivity contribution >= 4 is 34.7 Å². The normalized spacial score (nSPS) is 17.2. The fourth-order valence-electron chi connectivity index (χ4n) is 4.59. The highest BCUT2D eigenvalue weighted by Gasteiger charge is 2.30. The number of nitrogens with zero attached hydrogens (tertiary/aromatic N) is 3. The molecular formula is C25H30ClN3O3. The molecule has 32 heavy (non-hydrogen) atoms. The minimum absolute atomic E-state index is 0.0589. The van der Waals surface area contributed by atoms with Crippen molar-refractivity contribution in [2.24, 2.45) is 0 Å². The number of hydrogen-bond acceptors (Lipinski definition) is 5. The first-order chi connectivity index (χ1) is 15.4. The van der Waals surface area contributed by atoms with E-state index in [0.717, 1.165) is 67.7 Å². The highest BCUT2D eigenvalue weighted by molar-refractivity contribution is 6.31. The molecule has 1 saturated heterocycles. The van der Waals surface area contributed by atoms with E-state index in [1.54, 1.807) is 0 Å². The van der Waals surface area contributed by atoms with Crippen molar-refractivity contribution in [3.63, 3.8) is 0 Å². The summed E-state index contributed by atoms with van der Waals surface area (Å²) in [6.07, 6.45) is 3.42. The number of aromatic nitrogens is 1. The molecule has 0 amide bonds. The van der Waals surface area contributed by atoms with Crippen LogP contribution in [0.15, 0.2) is 40.8 Å². The summed E-state index contributed by atoms with van der Waals surface area (Å²) in [5, 5.41) is 9.80. The summed E-state index contributed by atoms with van der Waals surface area (Å²) in [7, 11) is 0. The first-order valence-electron chi connectivity index (χ1n) is 11.3. The fraction of sp³-hybridized carbons (Fsp3) is 0.440. The molecule has 0 unspecified atom stereocenters. The molecule has 1 atom stereocenters. The zero-order chi connectivity index (χ0) is 22.7. The Labute approximate surface area is 193 Å². The van der Waals surface area contributed by atoms with Crippen LogP contribution in [0.3, 0.4) is 0 Å². The maximum atomic E-state index is 11.1. The number of unbranched alkanes of at least 4 members (excludes halogenated alkanes) is 1. The van der Waals surface area contributed by atoms with Crippen LogP contribution in [0, 0.1) is 6.92 Å². The summed E-state index contributed by atoms with van der Waals surface area (Å²) in [6, 6.07) is 12.7. The average Bonchev–Trinajstić information content (AvgIpc) is 3.14. The molecule has 2 heterocycles. The zero-order valence-electron chi connectivity index (χ0n) is 18.7. The van der Waals surface area contributed by atoms with Crippen molar-refractivity contribution in [2.45, 2.75) is 52.1 Å². The Hall–Kier alpha value is -2.57. The van der Waals surface area contributed by atoms with E-state index in [1.165, 1.54) is 5.56 Å². The van der Waals surface area contributed by atoms with E-state index in [2.05, 4.69) is 22.8 Å². The molecule has 3 aromatic rings. The molecule has 1 fully saturated rings. The van der Waals surface area contributed by atoms with E-state index in [4.69, 9.17) is 26.1 Å². The number of carboxylic acid groups (broad SMARTS) is 1. The molecule has 0 saturated carbocycles. The van der Waals surface area contributed by atoms with E-state index in [1.807, 2.05) is 37.3 Å². The standard InChI is InChI=1S/C25H30ClN3O3/c1-3-4-5-21-16-28(15-19-11-17(2)10-18(12-19)13-24(30)31)8-9-29(21)25-27-22-7-6-20(26)14-23(22)32-25/h6-7,10-12,14,21H,3-5,8-9,13,15-16H2,1-2H3,(H,30,31)/t21-/m1/s1. The predicted molar refractivity (Wildman–Crippen MR) is 127 cm³/mol. The molecule has 1 aliphatic rings. The summed E-state index contributed by atoms with van der Waals surface area (Å²) >= 11 is 6.12. The average molecular weight is 456 g/mol. The highest BCUT2D eigenvalue weighted by atomic mass is 35.5. The third kappa shape index (κ3) is 5.43. The van der Waals surface area contributed by atoms with Gasteiger partial charge in [0, 0.05) is 43.3 Å². The molecule has 1 aliphatic heterocycles. The van der Waals surface area contributed by atoms with Gasteiger partial charge >= 0.3 is 5.97 Å². The molecule has 0 aliphatic carbocycles. The molecule has 6 nitrogen and oxygen atoms in total. The number of carboxylic acids is 1. The van der Waals surface area contributed by atoms with Gasteiger partial charge < -0.3 is 14.4 Å². The largest absolute Gasteiger partial charge is 0.481 e. The second-order valence-corrected chi connectivity index (χ2v) is 9.17. The number of fused-ring (bicyclic) bond motifs is 1. The number of anilines is 1. The number of oxazole rings is 1. The highest BCUT2D eigenvalue weighted by Crippen LogP contribution is 2.29. The monoisotopic (exact) mass is 455 g/mol. The van der Waals surface area contributed by atoms with Crippen molar-refractivity contribution in [1.29, 1.82) is 0 Å². The van der Waals surface area contributed by atoms with Crippen molar-refractivity contribution < 1.29 is 14.3 Å². The second kappa shape index (κ2) is 9.92. The van der Waals surface area contributed by atoms with Crippen LogP contribution in [0.5, 0.6) is 0 Å². The van der Waals surface area contributed by atoms with Crippen molar-refractivity contribution in [2.75, 3.05) is 24.5 Å². The number of piperazine rings is 1. The summed E-state index contributed by atoms with van der Waals surface area (Å²) < 4.78 is 6.08. The van der Waals surface area contributed by atoms with Crippen LogP contribution in [0.4, 0.5) is 6.01 Å². The number of carbonyl (C=O) groups is 1. The van der Waals surface area contributed by atoms with Crippen LogP contribution >= 0.6 is 11.6 Å². The van der Waals surface area contributed by atoms with Gasteiger partial charge in [-0.1, -0.05) is 55.1 Å². The number of hydrogen-bond donors (Lipinski definition) is 1. The van der Waals surface area contributed by atoms with Crippen molar-refractivity contribution in [3.05, 3.63) is 58.1 Å². The molecular weight excluding hydrogens is 426 g/mol. The number of halogens is 1. The maximum Gasteiger partial charge on any atom is 0.307 e. The van der Waals surface area contributed by atoms with Crippen LogP contribution in [0.2, 0.25) is 5.02 Å². The number of aryl methyl sites for hydroxylation is 1. The van der Waals surface area contributed by atoms with Crippen LogP contribution in [0.25, 0.3) is 11.1 Å². The SMILES string of the molecule is CCCC[C@@H]1CN(Cc2cc(C)cc(CC(=O)O)c2)CCN1c1nc2ccc(Cl)cc2o1. The predicted octanol–water partition coefficient (Wildman–Crippen LogP) is 5.30. The van der Waals surface area contributed by atoms with Gasteiger partial charge in [-0.05, 0) is 36.6 Å². The first-order valence-corrected chi connectivity index (χ1v) is 11.7. The Balaban J connectivity index is 1.51. The summed E-state index contributed by atoms with van der Waals surface area (Å²) in [6.45, 7) is 7.70. The van der Waals surface area contributed by atoms with Crippen LogP contribution in [0.1, 0.15) is 42.9 Å². The van der Waals surface area contributed by atoms with E-state index in [0.29, 0.717) is 17.1 Å². The molecule has 7 heteroatoms. The fourth-order valence-corrected chi connectivity index (χ4v) is 4.75. The number of aliphatic carboxylic acids is 1.